The summed E-state index contributed by atoms with van der Waals surface area (Å²) in [5.41, 5.74) is 3.63. The average molecular weight is 372 g/mol. The van der Waals surface area contributed by atoms with Crippen molar-refractivity contribution in [3.63, 3.8) is 0 Å². The lowest BCUT2D eigenvalue weighted by molar-refractivity contribution is -0.159. The van der Waals surface area contributed by atoms with E-state index in [1.54, 1.807) is 0 Å². The van der Waals surface area contributed by atoms with Crippen molar-refractivity contribution in [2.45, 2.75) is 24.8 Å². The Hall–Kier alpha value is -2.80. The maximum absolute atomic E-state index is 9.10. The van der Waals surface area contributed by atoms with Crippen LogP contribution in [0.3, 0.4) is 0 Å². The summed E-state index contributed by atoms with van der Waals surface area (Å²) in [6.45, 7) is 3.15. The third kappa shape index (κ3) is 5.93. The van der Waals surface area contributed by atoms with Crippen LogP contribution in [0.2, 0.25) is 0 Å². The van der Waals surface area contributed by atoms with Crippen LogP contribution in [0, 0.1) is 6.92 Å². The summed E-state index contributed by atoms with van der Waals surface area (Å²) in [6, 6.07) is 17.0. The number of aliphatic carboxylic acids is 2. The van der Waals surface area contributed by atoms with Crippen molar-refractivity contribution in [1.29, 1.82) is 0 Å². The fourth-order valence-corrected chi connectivity index (χ4v) is 3.09. The number of carboxylic acid groups (broad SMARTS) is 2. The van der Waals surface area contributed by atoms with Gasteiger partial charge in [0.15, 0.2) is 0 Å². The van der Waals surface area contributed by atoms with Gasteiger partial charge in [0.1, 0.15) is 0 Å². The number of imidazole rings is 1. The van der Waals surface area contributed by atoms with E-state index in [4.69, 9.17) is 19.8 Å². The molecule has 0 aliphatic carbocycles. The summed E-state index contributed by atoms with van der Waals surface area (Å²) in [4.78, 5) is 24.0. The first-order valence-electron chi connectivity index (χ1n) is 8.03. The number of aromatic nitrogens is 2. The van der Waals surface area contributed by atoms with Crippen molar-refractivity contribution < 1.29 is 19.8 Å². The Bertz CT molecular complexity index is 863. The predicted molar refractivity (Wildman–Crippen MR) is 102 cm³/mol. The van der Waals surface area contributed by atoms with Crippen molar-refractivity contribution in [1.82, 2.24) is 9.55 Å². The van der Waals surface area contributed by atoms with Crippen molar-refractivity contribution in [2.75, 3.05) is 5.75 Å². The summed E-state index contributed by atoms with van der Waals surface area (Å²) < 4.78 is 2.24. The smallest absolute Gasteiger partial charge is 0.414 e. The van der Waals surface area contributed by atoms with Gasteiger partial charge >= 0.3 is 11.9 Å². The monoisotopic (exact) mass is 372 g/mol. The molecule has 0 bridgehead atoms. The van der Waals surface area contributed by atoms with Gasteiger partial charge in [-0.15, -0.1) is 11.8 Å². The second-order valence-corrected chi connectivity index (χ2v) is 6.72. The van der Waals surface area contributed by atoms with Crippen LogP contribution in [-0.2, 0) is 16.1 Å². The molecule has 2 N–H and O–H groups in total. The number of benzene rings is 2. The van der Waals surface area contributed by atoms with Crippen LogP contribution in [-0.4, -0.2) is 37.5 Å². The number of hydrogen-bond donors (Lipinski definition) is 2. The van der Waals surface area contributed by atoms with E-state index in [1.807, 2.05) is 24.2 Å². The molecule has 0 radical (unpaired) electrons. The number of aryl methyl sites for hydroxylation is 2. The Morgan fingerprint density at radius 3 is 2.35 bits per heavy atom. The largest absolute Gasteiger partial charge is 0.473 e. The van der Waals surface area contributed by atoms with E-state index in [1.165, 1.54) is 16.0 Å². The molecular formula is C19H20N2O4S. The van der Waals surface area contributed by atoms with Crippen LogP contribution in [0.5, 0.6) is 0 Å². The van der Waals surface area contributed by atoms with E-state index in [0.29, 0.717) is 0 Å². The zero-order valence-electron chi connectivity index (χ0n) is 14.3. The SMILES string of the molecule is Cc1ccc(SCCCn2cnc3ccccc32)cc1.O=C(O)C(=O)O. The van der Waals surface area contributed by atoms with Gasteiger partial charge in [0, 0.05) is 11.4 Å². The molecule has 0 atom stereocenters. The standard InChI is InChI=1S/C17H18N2S.C2H2O4/c1-14-7-9-15(10-8-14)20-12-4-11-19-13-18-16-5-2-3-6-17(16)19;3-1(4)2(5)6/h2-3,5-10,13H,4,11-12H2,1H3;(H,3,4)(H,5,6). The number of fused-ring (bicyclic) bond motifs is 1. The quantitative estimate of drug-likeness (QED) is 0.403. The van der Waals surface area contributed by atoms with Gasteiger partial charge in [-0.1, -0.05) is 29.8 Å². The number of para-hydroxylation sites is 2. The number of carbonyl (C=O) groups is 2. The van der Waals surface area contributed by atoms with Gasteiger partial charge in [-0.05, 0) is 43.4 Å². The topological polar surface area (TPSA) is 92.4 Å². The first kappa shape index (κ1) is 19.5. The molecule has 3 rings (SSSR count). The first-order valence-corrected chi connectivity index (χ1v) is 9.01. The maximum atomic E-state index is 9.10. The number of nitrogens with zero attached hydrogens (tertiary/aromatic N) is 2. The molecule has 6 nitrogen and oxygen atoms in total. The minimum Gasteiger partial charge on any atom is -0.473 e. The molecule has 0 fully saturated rings. The molecule has 0 unspecified atom stereocenters. The number of hydrogen-bond acceptors (Lipinski definition) is 4. The molecule has 7 heteroatoms. The lowest BCUT2D eigenvalue weighted by Gasteiger charge is -2.05. The van der Waals surface area contributed by atoms with Gasteiger partial charge in [0.05, 0.1) is 17.4 Å². The molecule has 0 amide bonds. The predicted octanol–water partition coefficient (Wildman–Crippen LogP) is 3.68. The third-order valence-electron chi connectivity index (χ3n) is 3.54. The molecule has 136 valence electrons. The zero-order valence-corrected chi connectivity index (χ0v) is 15.1. The Kier molecular flexibility index (Phi) is 7.23. The van der Waals surface area contributed by atoms with E-state index in [0.717, 1.165) is 24.2 Å². The number of thioether (sulfide) groups is 1. The fraction of sp³-hybridized carbons (Fsp3) is 0.211. The third-order valence-corrected chi connectivity index (χ3v) is 4.64. The van der Waals surface area contributed by atoms with Gasteiger partial charge in [0.25, 0.3) is 0 Å². The Morgan fingerprint density at radius 1 is 1.04 bits per heavy atom. The van der Waals surface area contributed by atoms with Crippen LogP contribution in [0.4, 0.5) is 0 Å². The Morgan fingerprint density at radius 2 is 1.69 bits per heavy atom. The number of carboxylic acids is 2. The highest BCUT2D eigenvalue weighted by Crippen LogP contribution is 2.20. The highest BCUT2D eigenvalue weighted by molar-refractivity contribution is 7.99. The Labute approximate surface area is 155 Å². The molecule has 0 aliphatic rings. The van der Waals surface area contributed by atoms with Crippen LogP contribution in [0.25, 0.3) is 11.0 Å². The molecule has 0 aliphatic heterocycles. The zero-order chi connectivity index (χ0) is 18.9. The molecule has 3 aromatic rings. The normalized spacial score (nSPS) is 10.2. The first-order chi connectivity index (χ1) is 12.5. The average Bonchev–Trinajstić information content (AvgIpc) is 3.04. The second-order valence-electron chi connectivity index (χ2n) is 5.55. The van der Waals surface area contributed by atoms with Crippen LogP contribution in [0.15, 0.2) is 59.8 Å². The van der Waals surface area contributed by atoms with Crippen LogP contribution < -0.4 is 0 Å². The molecule has 2 aromatic carbocycles. The van der Waals surface area contributed by atoms with Crippen LogP contribution >= 0.6 is 11.8 Å². The molecule has 1 aromatic heterocycles. The minimum absolute atomic E-state index is 1.03. The van der Waals surface area contributed by atoms with Crippen molar-refractivity contribution in [3.05, 3.63) is 60.4 Å². The van der Waals surface area contributed by atoms with E-state index < -0.39 is 11.9 Å². The highest BCUT2D eigenvalue weighted by atomic mass is 32.2. The summed E-state index contributed by atoms with van der Waals surface area (Å²) in [7, 11) is 0. The van der Waals surface area contributed by atoms with Gasteiger partial charge in [-0.3, -0.25) is 0 Å². The summed E-state index contributed by atoms with van der Waals surface area (Å²) in [5.74, 6) is -2.51. The minimum atomic E-state index is -1.82. The number of rotatable bonds is 5. The van der Waals surface area contributed by atoms with Crippen LogP contribution in [0.1, 0.15) is 12.0 Å². The summed E-state index contributed by atoms with van der Waals surface area (Å²) in [6.07, 6.45) is 3.10. The summed E-state index contributed by atoms with van der Waals surface area (Å²) in [5, 5.41) is 14.8. The van der Waals surface area contributed by atoms with Gasteiger partial charge < -0.3 is 14.8 Å². The van der Waals surface area contributed by atoms with Crippen molar-refractivity contribution in [2.24, 2.45) is 0 Å². The lowest BCUT2D eigenvalue weighted by atomic mass is 10.2. The lowest BCUT2D eigenvalue weighted by Crippen LogP contribution is -2.09. The Balaban J connectivity index is 0.000000352. The van der Waals surface area contributed by atoms with Gasteiger partial charge in [-0.25, -0.2) is 14.6 Å². The molecule has 1 heterocycles. The van der Waals surface area contributed by atoms with Crippen molar-refractivity contribution in [3.8, 4) is 0 Å². The van der Waals surface area contributed by atoms with Crippen molar-refractivity contribution >= 4 is 34.7 Å². The molecule has 26 heavy (non-hydrogen) atoms. The van der Waals surface area contributed by atoms with E-state index in [2.05, 4.69) is 58.9 Å². The fourth-order valence-electron chi connectivity index (χ4n) is 2.25. The second kappa shape index (κ2) is 9.62. The van der Waals surface area contributed by atoms with Gasteiger partial charge in [-0.2, -0.15) is 0 Å². The highest BCUT2D eigenvalue weighted by Gasteiger charge is 2.04. The van der Waals surface area contributed by atoms with E-state index in [9.17, 15) is 0 Å². The van der Waals surface area contributed by atoms with E-state index >= 15 is 0 Å². The van der Waals surface area contributed by atoms with E-state index in [-0.39, 0.29) is 0 Å². The molecule has 0 spiro atoms. The molecule has 0 saturated heterocycles. The molecule has 0 saturated carbocycles. The maximum Gasteiger partial charge on any atom is 0.414 e. The van der Waals surface area contributed by atoms with Gasteiger partial charge in [0.2, 0.25) is 0 Å². The summed E-state index contributed by atoms with van der Waals surface area (Å²) >= 11 is 1.92. The molecular weight excluding hydrogens is 352 g/mol.